The Bertz CT molecular complexity index is 1420. The van der Waals surface area contributed by atoms with Gasteiger partial charge in [0.05, 0.1) is 15.3 Å². The first kappa shape index (κ1) is 20.0. The van der Waals surface area contributed by atoms with Crippen molar-refractivity contribution in [1.29, 1.82) is 0 Å². The number of amides is 1. The first-order valence-corrected chi connectivity index (χ1v) is 11.0. The number of fused-ring (bicyclic) bond motifs is 1. The molecule has 0 aliphatic carbocycles. The summed E-state index contributed by atoms with van der Waals surface area (Å²) >= 11 is 0.798. The molecule has 0 aliphatic rings. The van der Waals surface area contributed by atoms with Crippen molar-refractivity contribution in [3.8, 4) is 0 Å². The van der Waals surface area contributed by atoms with E-state index in [0.717, 1.165) is 29.5 Å². The van der Waals surface area contributed by atoms with Gasteiger partial charge in [-0.3, -0.25) is 4.79 Å². The van der Waals surface area contributed by atoms with Gasteiger partial charge in [-0.25, -0.2) is 17.6 Å². The van der Waals surface area contributed by atoms with Gasteiger partial charge < -0.3 is 4.42 Å². The summed E-state index contributed by atoms with van der Waals surface area (Å²) in [5.41, 5.74) is 0.643. The lowest BCUT2D eigenvalue weighted by molar-refractivity contribution is 0.101. The summed E-state index contributed by atoms with van der Waals surface area (Å²) in [6.07, 6.45) is 0. The van der Waals surface area contributed by atoms with E-state index in [4.69, 9.17) is 4.42 Å². The molecular weight excluding hydrogens is 429 g/mol. The van der Waals surface area contributed by atoms with Crippen LogP contribution in [0.5, 0.6) is 0 Å². The third-order valence-electron chi connectivity index (χ3n) is 4.41. The maximum absolute atomic E-state index is 13.5. The standard InChI is InChI=1S/C21H14FNO5S2/c1-13-11-15(22)7-10-19(13)30(26,27)23(20(24)14-5-3-2-4-6-14)16-8-9-17-18(12-16)29-21(25)28-17/h2-12H,1H3. The maximum atomic E-state index is 13.5. The second-order valence-electron chi connectivity index (χ2n) is 6.44. The van der Waals surface area contributed by atoms with E-state index in [0.29, 0.717) is 9.01 Å². The lowest BCUT2D eigenvalue weighted by Gasteiger charge is -2.23. The molecule has 0 N–H and O–H groups in total. The molecule has 4 aromatic rings. The predicted octanol–water partition coefficient (Wildman–Crippen LogP) is 4.34. The molecule has 0 atom stereocenters. The van der Waals surface area contributed by atoms with Crippen LogP contribution in [0.25, 0.3) is 10.3 Å². The maximum Gasteiger partial charge on any atom is 0.396 e. The molecule has 0 fully saturated rings. The normalized spacial score (nSPS) is 11.5. The molecule has 1 aromatic heterocycles. The number of anilines is 1. The van der Waals surface area contributed by atoms with E-state index >= 15 is 0 Å². The average molecular weight is 443 g/mol. The summed E-state index contributed by atoms with van der Waals surface area (Å²) in [4.78, 5) is 24.1. The van der Waals surface area contributed by atoms with E-state index in [9.17, 15) is 22.4 Å². The van der Waals surface area contributed by atoms with Gasteiger partial charge in [0.2, 0.25) is 0 Å². The van der Waals surface area contributed by atoms with Crippen molar-refractivity contribution < 1.29 is 22.0 Å². The van der Waals surface area contributed by atoms with Gasteiger partial charge >= 0.3 is 4.94 Å². The second kappa shape index (κ2) is 7.51. The van der Waals surface area contributed by atoms with Gasteiger partial charge in [-0.05, 0) is 61.0 Å². The molecule has 0 saturated carbocycles. The van der Waals surface area contributed by atoms with Crippen LogP contribution in [0.15, 0.2) is 80.8 Å². The van der Waals surface area contributed by atoms with E-state index in [1.165, 1.54) is 37.3 Å². The number of hydrogen-bond donors (Lipinski definition) is 0. The van der Waals surface area contributed by atoms with Crippen molar-refractivity contribution in [3.05, 3.63) is 93.4 Å². The lowest BCUT2D eigenvalue weighted by atomic mass is 10.2. The van der Waals surface area contributed by atoms with Crippen molar-refractivity contribution in [1.82, 2.24) is 0 Å². The average Bonchev–Trinajstić information content (AvgIpc) is 3.07. The van der Waals surface area contributed by atoms with Crippen LogP contribution in [-0.4, -0.2) is 14.3 Å². The minimum absolute atomic E-state index is 0.0390. The number of benzene rings is 3. The van der Waals surface area contributed by atoms with Crippen molar-refractivity contribution in [2.75, 3.05) is 4.31 Å². The molecule has 0 radical (unpaired) electrons. The number of carbonyl (C=O) groups is 1. The van der Waals surface area contributed by atoms with E-state index in [-0.39, 0.29) is 27.3 Å². The summed E-state index contributed by atoms with van der Waals surface area (Å²) in [7, 11) is -4.40. The topological polar surface area (TPSA) is 84.7 Å². The van der Waals surface area contributed by atoms with Gasteiger partial charge in [0.15, 0.2) is 0 Å². The summed E-state index contributed by atoms with van der Waals surface area (Å²) < 4.78 is 46.7. The van der Waals surface area contributed by atoms with Crippen LogP contribution in [-0.2, 0) is 10.0 Å². The highest BCUT2D eigenvalue weighted by Crippen LogP contribution is 2.31. The molecule has 1 heterocycles. The zero-order valence-corrected chi connectivity index (χ0v) is 17.2. The van der Waals surface area contributed by atoms with E-state index in [1.807, 2.05) is 0 Å². The molecule has 152 valence electrons. The molecule has 0 bridgehead atoms. The highest BCUT2D eigenvalue weighted by atomic mass is 32.2. The first-order chi connectivity index (χ1) is 14.3. The van der Waals surface area contributed by atoms with Gasteiger partial charge in [0.1, 0.15) is 11.4 Å². The zero-order valence-electron chi connectivity index (χ0n) is 15.5. The van der Waals surface area contributed by atoms with Gasteiger partial charge in [-0.15, -0.1) is 0 Å². The van der Waals surface area contributed by atoms with Crippen LogP contribution in [0.4, 0.5) is 10.1 Å². The molecule has 1 amide bonds. The molecular formula is C21H14FNO5S2. The predicted molar refractivity (Wildman–Crippen MR) is 112 cm³/mol. The Hall–Kier alpha value is -3.30. The molecule has 0 spiro atoms. The van der Waals surface area contributed by atoms with Gasteiger partial charge in [0.25, 0.3) is 15.9 Å². The quantitative estimate of drug-likeness (QED) is 0.469. The van der Waals surface area contributed by atoms with Crippen LogP contribution in [0.1, 0.15) is 15.9 Å². The third kappa shape index (κ3) is 3.53. The van der Waals surface area contributed by atoms with E-state index in [1.54, 1.807) is 18.2 Å². The Labute approximate surface area is 174 Å². The molecule has 30 heavy (non-hydrogen) atoms. The van der Waals surface area contributed by atoms with Crippen molar-refractivity contribution >= 4 is 43.2 Å². The van der Waals surface area contributed by atoms with E-state index in [2.05, 4.69) is 0 Å². The smallest absolute Gasteiger partial charge is 0.396 e. The van der Waals surface area contributed by atoms with Crippen LogP contribution in [0.3, 0.4) is 0 Å². The number of aryl methyl sites for hydroxylation is 1. The molecule has 0 unspecified atom stereocenters. The lowest BCUT2D eigenvalue weighted by Crippen LogP contribution is -2.37. The Morgan fingerprint density at radius 2 is 1.77 bits per heavy atom. The van der Waals surface area contributed by atoms with Crippen molar-refractivity contribution in [2.24, 2.45) is 0 Å². The number of nitrogens with zero attached hydrogens (tertiary/aromatic N) is 1. The van der Waals surface area contributed by atoms with Crippen LogP contribution in [0, 0.1) is 12.7 Å². The molecule has 0 saturated heterocycles. The van der Waals surface area contributed by atoms with Crippen LogP contribution < -0.4 is 9.24 Å². The fourth-order valence-electron chi connectivity index (χ4n) is 3.05. The molecule has 4 rings (SSSR count). The summed E-state index contributed by atoms with van der Waals surface area (Å²) in [5, 5.41) is 0. The largest absolute Gasteiger partial charge is 0.414 e. The number of halogens is 1. The number of hydrogen-bond acceptors (Lipinski definition) is 6. The first-order valence-electron chi connectivity index (χ1n) is 8.72. The van der Waals surface area contributed by atoms with Gasteiger partial charge in [-0.1, -0.05) is 29.5 Å². The molecule has 6 nitrogen and oxygen atoms in total. The third-order valence-corrected chi connectivity index (χ3v) is 7.07. The fraction of sp³-hybridized carbons (Fsp3) is 0.0476. The minimum Gasteiger partial charge on any atom is -0.414 e. The summed E-state index contributed by atoms with van der Waals surface area (Å²) in [6.45, 7) is 1.45. The van der Waals surface area contributed by atoms with Gasteiger partial charge in [-0.2, -0.15) is 4.31 Å². The number of sulfonamides is 1. The Kier molecular flexibility index (Phi) is 5.00. The van der Waals surface area contributed by atoms with E-state index < -0.39 is 26.7 Å². The SMILES string of the molecule is Cc1cc(F)ccc1S(=O)(=O)N(C(=O)c1ccccc1)c1ccc2oc(=O)sc2c1. The zero-order chi connectivity index (χ0) is 21.5. The highest BCUT2D eigenvalue weighted by molar-refractivity contribution is 7.93. The highest BCUT2D eigenvalue weighted by Gasteiger charge is 2.33. The summed E-state index contributed by atoms with van der Waals surface area (Å²) in [6, 6.07) is 15.4. The molecule has 9 heteroatoms. The number of rotatable bonds is 4. The Morgan fingerprint density at radius 1 is 1.03 bits per heavy atom. The van der Waals surface area contributed by atoms with Crippen LogP contribution in [0.2, 0.25) is 0 Å². The minimum atomic E-state index is -4.40. The second-order valence-corrected chi connectivity index (χ2v) is 9.17. The summed E-state index contributed by atoms with van der Waals surface area (Å²) in [5.74, 6) is -1.37. The number of carbonyl (C=O) groups excluding carboxylic acids is 1. The van der Waals surface area contributed by atoms with Gasteiger partial charge in [0, 0.05) is 5.56 Å². The van der Waals surface area contributed by atoms with Crippen molar-refractivity contribution in [3.63, 3.8) is 0 Å². The molecule has 3 aromatic carbocycles. The molecule has 0 aliphatic heterocycles. The Balaban J connectivity index is 1.94. The monoisotopic (exact) mass is 443 g/mol. The van der Waals surface area contributed by atoms with Crippen LogP contribution >= 0.6 is 11.3 Å². The Morgan fingerprint density at radius 3 is 2.47 bits per heavy atom. The van der Waals surface area contributed by atoms with Crippen molar-refractivity contribution in [2.45, 2.75) is 11.8 Å². The fourth-order valence-corrected chi connectivity index (χ4v) is 5.37.